The second-order valence-corrected chi connectivity index (χ2v) is 1.45. The molecule has 0 aromatic rings. The van der Waals surface area contributed by atoms with Crippen LogP contribution in [0.25, 0.3) is 0 Å². The molecular formula is C5H12CaO. The molecule has 1 nitrogen and oxygen atoms in total. The van der Waals surface area contributed by atoms with Gasteiger partial charge in [0.1, 0.15) is 5.78 Å². The molecule has 0 fully saturated rings. The van der Waals surface area contributed by atoms with Gasteiger partial charge in [-0.15, -0.1) is 0 Å². The zero-order valence-corrected chi connectivity index (χ0v) is 4.32. The summed E-state index contributed by atoms with van der Waals surface area (Å²) in [5, 5.41) is 0. The summed E-state index contributed by atoms with van der Waals surface area (Å²) in [4.78, 5) is 10.0. The summed E-state index contributed by atoms with van der Waals surface area (Å²) < 4.78 is 0. The maximum atomic E-state index is 10.0. The predicted molar refractivity (Wildman–Crippen MR) is 34.1 cm³/mol. The standard InChI is InChI=1S/C5H10O.Ca.2H/c1-3-4-5(2)6;;;/h3-4H2,1-2H3;;;. The van der Waals surface area contributed by atoms with Gasteiger partial charge in [-0.2, -0.15) is 0 Å². The van der Waals surface area contributed by atoms with Crippen LogP contribution in [0, 0.1) is 0 Å². The Balaban J connectivity index is 0. The van der Waals surface area contributed by atoms with Crippen molar-refractivity contribution >= 4 is 43.5 Å². The molecule has 0 radical (unpaired) electrons. The van der Waals surface area contributed by atoms with Crippen LogP contribution < -0.4 is 0 Å². The van der Waals surface area contributed by atoms with Crippen LogP contribution in [0.15, 0.2) is 0 Å². The number of rotatable bonds is 2. The number of hydrogen-bond donors (Lipinski definition) is 0. The van der Waals surface area contributed by atoms with Crippen molar-refractivity contribution in [3.05, 3.63) is 0 Å². The molecule has 0 heterocycles. The Morgan fingerprint density at radius 2 is 2.00 bits per heavy atom. The summed E-state index contributed by atoms with van der Waals surface area (Å²) in [5.74, 6) is 0.289. The fraction of sp³-hybridized carbons (Fsp3) is 0.800. The molecule has 7 heavy (non-hydrogen) atoms. The molecule has 0 saturated heterocycles. The summed E-state index contributed by atoms with van der Waals surface area (Å²) in [6.07, 6.45) is 1.72. The van der Waals surface area contributed by atoms with Gasteiger partial charge in [0.15, 0.2) is 0 Å². The molecule has 2 heteroatoms. The van der Waals surface area contributed by atoms with Crippen LogP contribution in [0.2, 0.25) is 0 Å². The molecule has 0 aromatic carbocycles. The molecule has 0 saturated carbocycles. The fourth-order valence-electron chi connectivity index (χ4n) is 0.352. The van der Waals surface area contributed by atoms with Gasteiger partial charge in [0.2, 0.25) is 0 Å². The van der Waals surface area contributed by atoms with Crippen molar-refractivity contribution in [3.8, 4) is 0 Å². The second-order valence-electron chi connectivity index (χ2n) is 1.45. The Bertz CT molecular complexity index is 52.0. The van der Waals surface area contributed by atoms with Gasteiger partial charge in [-0.1, -0.05) is 6.92 Å². The quantitative estimate of drug-likeness (QED) is 0.494. The van der Waals surface area contributed by atoms with Gasteiger partial charge in [-0.05, 0) is 13.3 Å². The summed E-state index contributed by atoms with van der Waals surface area (Å²) in [6, 6.07) is 0. The molecule has 40 valence electrons. The average molecular weight is 128 g/mol. The monoisotopic (exact) mass is 128 g/mol. The van der Waals surface area contributed by atoms with E-state index in [1.165, 1.54) is 0 Å². The van der Waals surface area contributed by atoms with Gasteiger partial charge >= 0.3 is 37.7 Å². The van der Waals surface area contributed by atoms with Gasteiger partial charge in [-0.3, -0.25) is 0 Å². The van der Waals surface area contributed by atoms with E-state index in [2.05, 4.69) is 0 Å². The van der Waals surface area contributed by atoms with Crippen molar-refractivity contribution in [1.29, 1.82) is 0 Å². The zero-order chi connectivity index (χ0) is 4.99. The summed E-state index contributed by atoms with van der Waals surface area (Å²) in [7, 11) is 0. The van der Waals surface area contributed by atoms with E-state index in [9.17, 15) is 4.79 Å². The van der Waals surface area contributed by atoms with E-state index in [1.807, 2.05) is 6.92 Å². The van der Waals surface area contributed by atoms with Crippen LogP contribution in [-0.2, 0) is 4.79 Å². The van der Waals surface area contributed by atoms with Crippen LogP contribution in [0.4, 0.5) is 0 Å². The fourth-order valence-corrected chi connectivity index (χ4v) is 0.352. The topological polar surface area (TPSA) is 17.1 Å². The van der Waals surface area contributed by atoms with Gasteiger partial charge in [-0.25, -0.2) is 0 Å². The van der Waals surface area contributed by atoms with Crippen LogP contribution in [0.5, 0.6) is 0 Å². The number of hydrogen-bond acceptors (Lipinski definition) is 1. The molecule has 0 aliphatic heterocycles. The van der Waals surface area contributed by atoms with E-state index >= 15 is 0 Å². The normalized spacial score (nSPS) is 7.14. The van der Waals surface area contributed by atoms with Crippen molar-refractivity contribution in [2.45, 2.75) is 26.7 Å². The van der Waals surface area contributed by atoms with Crippen molar-refractivity contribution in [1.82, 2.24) is 0 Å². The van der Waals surface area contributed by atoms with Crippen molar-refractivity contribution < 1.29 is 4.79 Å². The molecule has 0 unspecified atom stereocenters. The van der Waals surface area contributed by atoms with E-state index in [1.54, 1.807) is 6.92 Å². The Morgan fingerprint density at radius 3 is 2.00 bits per heavy atom. The van der Waals surface area contributed by atoms with Crippen LogP contribution in [0.1, 0.15) is 26.7 Å². The van der Waals surface area contributed by atoms with E-state index in [-0.39, 0.29) is 43.5 Å². The van der Waals surface area contributed by atoms with Gasteiger partial charge in [0, 0.05) is 6.42 Å². The molecule has 0 atom stereocenters. The summed E-state index contributed by atoms with van der Waals surface area (Å²) in [5.41, 5.74) is 0. The molecule has 0 aliphatic rings. The minimum atomic E-state index is 0. The number of Topliss-reactive ketones (excluding diaryl/α,β-unsaturated/α-hetero) is 1. The van der Waals surface area contributed by atoms with Crippen molar-refractivity contribution in [2.75, 3.05) is 0 Å². The van der Waals surface area contributed by atoms with Gasteiger partial charge in [0.05, 0.1) is 0 Å². The zero-order valence-electron chi connectivity index (χ0n) is 4.32. The van der Waals surface area contributed by atoms with Crippen LogP contribution in [0.3, 0.4) is 0 Å². The number of carbonyl (C=O) groups is 1. The molecule has 0 bridgehead atoms. The Labute approximate surface area is 74.5 Å². The Morgan fingerprint density at radius 1 is 1.57 bits per heavy atom. The van der Waals surface area contributed by atoms with E-state index in [0.29, 0.717) is 0 Å². The summed E-state index contributed by atoms with van der Waals surface area (Å²) >= 11 is 0. The van der Waals surface area contributed by atoms with Crippen LogP contribution in [-0.4, -0.2) is 43.5 Å². The van der Waals surface area contributed by atoms with Crippen molar-refractivity contribution in [2.24, 2.45) is 0 Å². The molecular weight excluding hydrogens is 116 g/mol. The molecule has 0 aromatic heterocycles. The van der Waals surface area contributed by atoms with E-state index in [0.717, 1.165) is 12.8 Å². The number of carbonyl (C=O) groups excluding carboxylic acids is 1. The number of ketones is 1. The van der Waals surface area contributed by atoms with Gasteiger partial charge < -0.3 is 4.79 Å². The first-order valence-corrected chi connectivity index (χ1v) is 2.26. The Kier molecular flexibility index (Phi) is 10.7. The Hall–Kier alpha value is 0.930. The minimum absolute atomic E-state index is 0. The first-order chi connectivity index (χ1) is 2.77. The maximum absolute atomic E-state index is 10.0. The molecule has 0 N–H and O–H groups in total. The van der Waals surface area contributed by atoms with Crippen LogP contribution >= 0.6 is 0 Å². The molecule has 0 amide bonds. The van der Waals surface area contributed by atoms with Crippen molar-refractivity contribution in [3.63, 3.8) is 0 Å². The average Bonchev–Trinajstić information content (AvgIpc) is 1.35. The SMILES string of the molecule is CCCC(C)=O.[CaH2]. The molecule has 0 aliphatic carbocycles. The second kappa shape index (κ2) is 6.93. The summed E-state index contributed by atoms with van der Waals surface area (Å²) in [6.45, 7) is 3.62. The van der Waals surface area contributed by atoms with E-state index in [4.69, 9.17) is 0 Å². The third kappa shape index (κ3) is 10.9. The van der Waals surface area contributed by atoms with E-state index < -0.39 is 0 Å². The first kappa shape index (κ1) is 10.8. The third-order valence-corrected chi connectivity index (χ3v) is 0.602. The third-order valence-electron chi connectivity index (χ3n) is 0.602. The molecule has 0 rings (SSSR count). The van der Waals surface area contributed by atoms with Gasteiger partial charge in [0.25, 0.3) is 0 Å². The first-order valence-electron chi connectivity index (χ1n) is 2.26. The predicted octanol–water partition coefficient (Wildman–Crippen LogP) is 0.459. The molecule has 0 spiro atoms.